The number of aliphatic hydroxyl groups is 2. The van der Waals surface area contributed by atoms with Gasteiger partial charge in [0.15, 0.2) is 0 Å². The van der Waals surface area contributed by atoms with Gasteiger partial charge in [-0.2, -0.15) is 4.98 Å². The molecule has 4 heterocycles. The summed E-state index contributed by atoms with van der Waals surface area (Å²) in [5, 5.41) is 28.6. The normalized spacial score (nSPS) is 28.4. The first-order valence-corrected chi connectivity index (χ1v) is 11.1. The summed E-state index contributed by atoms with van der Waals surface area (Å²) in [6.07, 6.45) is 4.70. The molecule has 1 aliphatic heterocycles. The fourth-order valence-corrected chi connectivity index (χ4v) is 5.81. The molecule has 3 aromatic heterocycles. The Labute approximate surface area is 176 Å². The van der Waals surface area contributed by atoms with Crippen LogP contribution in [0.1, 0.15) is 25.3 Å². The maximum Gasteiger partial charge on any atom is 0.226 e. The van der Waals surface area contributed by atoms with Gasteiger partial charge in [-0.15, -0.1) is 11.3 Å². The molecule has 1 aliphatic carbocycles. The Balaban J connectivity index is 1.59. The van der Waals surface area contributed by atoms with Crippen molar-refractivity contribution in [3.63, 3.8) is 0 Å². The van der Waals surface area contributed by atoms with Crippen molar-refractivity contribution in [1.29, 1.82) is 0 Å². The predicted octanol–water partition coefficient (Wildman–Crippen LogP) is 2.07. The van der Waals surface area contributed by atoms with Crippen LogP contribution >= 0.6 is 22.9 Å². The van der Waals surface area contributed by atoms with Crippen molar-refractivity contribution in [1.82, 2.24) is 24.8 Å². The summed E-state index contributed by atoms with van der Waals surface area (Å²) in [5.41, 5.74) is 7.57. The molecule has 2 aliphatic rings. The number of nitrogens with two attached hydrogens (primary N) is 1. The molecule has 0 bridgehead atoms. The first-order valence-electron chi connectivity index (χ1n) is 9.85. The molecular weight excluding hydrogens is 412 g/mol. The molecule has 0 amide bonds. The molecule has 10 heteroatoms. The topological polar surface area (TPSA) is 122 Å². The van der Waals surface area contributed by atoms with E-state index in [-0.39, 0.29) is 23.1 Å². The third kappa shape index (κ3) is 3.21. The lowest BCUT2D eigenvalue weighted by atomic mass is 9.82. The van der Waals surface area contributed by atoms with Crippen LogP contribution in [0.15, 0.2) is 17.8 Å². The number of anilines is 1. The predicted molar refractivity (Wildman–Crippen MR) is 113 cm³/mol. The Morgan fingerprint density at radius 2 is 2.00 bits per heavy atom. The van der Waals surface area contributed by atoms with E-state index in [4.69, 9.17) is 17.3 Å². The monoisotopic (exact) mass is 434 g/mol. The number of nitrogen functional groups attached to an aromatic ring is 1. The molecular formula is C19H23ClN6O2S. The SMILES string of the molecule is Nc1nc(Cl)nc2c1c(-c1nccs1)cn2[C@@H]1C[C@H](C2CCNCC2)[C@@H](O)[C@H]1O. The van der Waals surface area contributed by atoms with Crippen molar-refractivity contribution in [2.24, 2.45) is 11.8 Å². The quantitative estimate of drug-likeness (QED) is 0.465. The average Bonchev–Trinajstić information content (AvgIpc) is 3.42. The third-order valence-electron chi connectivity index (χ3n) is 6.38. The van der Waals surface area contributed by atoms with E-state index in [2.05, 4.69) is 20.3 Å². The fraction of sp³-hybridized carbons (Fsp3) is 0.526. The van der Waals surface area contributed by atoms with E-state index in [9.17, 15) is 10.2 Å². The van der Waals surface area contributed by atoms with Gasteiger partial charge in [-0.25, -0.2) is 9.97 Å². The van der Waals surface area contributed by atoms with Gasteiger partial charge in [0.1, 0.15) is 22.6 Å². The largest absolute Gasteiger partial charge is 0.390 e. The van der Waals surface area contributed by atoms with Crippen LogP contribution in [-0.2, 0) is 0 Å². The molecule has 5 rings (SSSR count). The van der Waals surface area contributed by atoms with Crippen LogP contribution in [0.2, 0.25) is 5.28 Å². The van der Waals surface area contributed by atoms with Crippen molar-refractivity contribution in [2.45, 2.75) is 37.5 Å². The molecule has 0 spiro atoms. The average molecular weight is 435 g/mol. The summed E-state index contributed by atoms with van der Waals surface area (Å²) in [6.45, 7) is 1.91. The number of hydrogen-bond donors (Lipinski definition) is 4. The maximum absolute atomic E-state index is 10.9. The molecule has 1 saturated heterocycles. The van der Waals surface area contributed by atoms with Crippen LogP contribution in [0, 0.1) is 11.8 Å². The second-order valence-electron chi connectivity index (χ2n) is 7.90. The van der Waals surface area contributed by atoms with Gasteiger partial charge >= 0.3 is 0 Å². The summed E-state index contributed by atoms with van der Waals surface area (Å²) in [6, 6.07) is -0.313. The van der Waals surface area contributed by atoms with E-state index in [1.165, 1.54) is 11.3 Å². The minimum Gasteiger partial charge on any atom is -0.390 e. The molecule has 0 aromatic carbocycles. The highest BCUT2D eigenvalue weighted by Gasteiger charge is 2.46. The fourth-order valence-electron chi connectivity index (χ4n) is 4.98. The number of hydrogen-bond acceptors (Lipinski definition) is 8. The molecule has 5 N–H and O–H groups in total. The first kappa shape index (κ1) is 19.2. The second-order valence-corrected chi connectivity index (χ2v) is 9.13. The van der Waals surface area contributed by atoms with Crippen LogP contribution in [0.3, 0.4) is 0 Å². The van der Waals surface area contributed by atoms with Crippen molar-refractivity contribution < 1.29 is 10.2 Å². The molecule has 8 nitrogen and oxygen atoms in total. The lowest BCUT2D eigenvalue weighted by Crippen LogP contribution is -2.37. The smallest absolute Gasteiger partial charge is 0.226 e. The first-order chi connectivity index (χ1) is 14.0. The third-order valence-corrected chi connectivity index (χ3v) is 7.35. The number of nitrogens with zero attached hydrogens (tertiary/aromatic N) is 4. The van der Waals surface area contributed by atoms with Crippen LogP contribution in [0.4, 0.5) is 5.82 Å². The van der Waals surface area contributed by atoms with Crippen LogP contribution < -0.4 is 11.1 Å². The highest BCUT2D eigenvalue weighted by atomic mass is 35.5. The van der Waals surface area contributed by atoms with Gasteiger partial charge in [0, 0.05) is 23.3 Å². The van der Waals surface area contributed by atoms with Gasteiger partial charge in [-0.05, 0) is 55.8 Å². The van der Waals surface area contributed by atoms with Gasteiger partial charge < -0.3 is 25.8 Å². The van der Waals surface area contributed by atoms with Crippen LogP contribution in [0.5, 0.6) is 0 Å². The summed E-state index contributed by atoms with van der Waals surface area (Å²) in [4.78, 5) is 12.9. The van der Waals surface area contributed by atoms with Crippen molar-refractivity contribution >= 4 is 39.8 Å². The highest BCUT2D eigenvalue weighted by Crippen LogP contribution is 2.45. The summed E-state index contributed by atoms with van der Waals surface area (Å²) in [5.74, 6) is 0.730. The van der Waals surface area contributed by atoms with E-state index >= 15 is 0 Å². The lowest BCUT2D eigenvalue weighted by Gasteiger charge is -2.30. The second kappa shape index (κ2) is 7.48. The Hall–Kier alpha value is -1.78. The van der Waals surface area contributed by atoms with E-state index in [0.29, 0.717) is 23.4 Å². The van der Waals surface area contributed by atoms with Crippen LogP contribution in [-0.4, -0.2) is 55.0 Å². The summed E-state index contributed by atoms with van der Waals surface area (Å²) < 4.78 is 1.91. The Morgan fingerprint density at radius 3 is 2.72 bits per heavy atom. The highest BCUT2D eigenvalue weighted by molar-refractivity contribution is 7.13. The van der Waals surface area contributed by atoms with Crippen molar-refractivity contribution in [3.05, 3.63) is 23.1 Å². The molecule has 2 fully saturated rings. The number of fused-ring (bicyclic) bond motifs is 1. The van der Waals surface area contributed by atoms with Gasteiger partial charge in [0.05, 0.1) is 17.5 Å². The number of thiazole rings is 1. The minimum atomic E-state index is -0.885. The van der Waals surface area contributed by atoms with Gasteiger partial charge in [0.2, 0.25) is 5.28 Å². The molecule has 0 radical (unpaired) electrons. The molecule has 154 valence electrons. The zero-order chi connectivity index (χ0) is 20.1. The van der Waals surface area contributed by atoms with Gasteiger partial charge in [-0.3, -0.25) is 0 Å². The van der Waals surface area contributed by atoms with E-state index < -0.39 is 12.2 Å². The zero-order valence-electron chi connectivity index (χ0n) is 15.7. The van der Waals surface area contributed by atoms with Crippen molar-refractivity contribution in [3.8, 4) is 10.6 Å². The maximum atomic E-state index is 10.9. The molecule has 3 aromatic rings. The zero-order valence-corrected chi connectivity index (χ0v) is 17.3. The lowest BCUT2D eigenvalue weighted by molar-refractivity contribution is -0.00767. The number of halogens is 1. The number of aromatic nitrogens is 4. The molecule has 1 saturated carbocycles. The summed E-state index contributed by atoms with van der Waals surface area (Å²) >= 11 is 7.60. The Bertz CT molecular complexity index is 1020. The molecule has 29 heavy (non-hydrogen) atoms. The molecule has 4 atom stereocenters. The van der Waals surface area contributed by atoms with Gasteiger partial charge in [0.25, 0.3) is 0 Å². The minimum absolute atomic E-state index is 0.0486. The number of rotatable bonds is 3. The van der Waals surface area contributed by atoms with E-state index in [0.717, 1.165) is 36.5 Å². The van der Waals surface area contributed by atoms with E-state index in [1.54, 1.807) is 6.20 Å². The number of aliphatic hydroxyl groups excluding tert-OH is 2. The summed E-state index contributed by atoms with van der Waals surface area (Å²) in [7, 11) is 0. The van der Waals surface area contributed by atoms with Crippen LogP contribution in [0.25, 0.3) is 21.6 Å². The van der Waals surface area contributed by atoms with Crippen molar-refractivity contribution in [2.75, 3.05) is 18.8 Å². The Kier molecular flexibility index (Phi) is 4.95. The molecule has 0 unspecified atom stereocenters. The van der Waals surface area contributed by atoms with E-state index in [1.807, 2.05) is 16.1 Å². The number of nitrogens with one attached hydrogen (secondary N) is 1. The standard InChI is InChI=1S/C19H23ClN6O2S/c20-19-24-16(21)13-11(18-23-5-6-29-18)8-26(17(13)25-19)12-7-10(14(27)15(12)28)9-1-3-22-4-2-9/h5-6,8-10,12,14-15,22,27-28H,1-4,7H2,(H2,21,24,25)/t10-,12-,14-,15+/m1/s1. The van der Waals surface area contributed by atoms with Gasteiger partial charge in [-0.1, -0.05) is 0 Å². The Morgan fingerprint density at radius 1 is 1.21 bits per heavy atom. The number of piperidine rings is 1.